The van der Waals surface area contributed by atoms with Crippen LogP contribution in [0, 0.1) is 5.82 Å². The van der Waals surface area contributed by atoms with Crippen LogP contribution < -0.4 is 5.32 Å². The van der Waals surface area contributed by atoms with E-state index in [2.05, 4.69) is 10.2 Å². The van der Waals surface area contributed by atoms with Crippen LogP contribution in [0.5, 0.6) is 0 Å². The molecule has 1 aliphatic heterocycles. The Morgan fingerprint density at radius 2 is 2.06 bits per heavy atom. The summed E-state index contributed by atoms with van der Waals surface area (Å²) in [6.07, 6.45) is 3.54. The molecule has 0 spiro atoms. The van der Waals surface area contributed by atoms with E-state index in [-0.39, 0.29) is 17.5 Å². The molecule has 0 radical (unpaired) electrons. The molecule has 2 aliphatic rings. The van der Waals surface area contributed by atoms with Crippen molar-refractivity contribution in [2.24, 2.45) is 0 Å². The number of amides is 1. The summed E-state index contributed by atoms with van der Waals surface area (Å²) in [7, 11) is 0. The van der Waals surface area contributed by atoms with Gasteiger partial charge in [-0.15, -0.1) is 0 Å². The third kappa shape index (κ3) is 2.38. The molecule has 18 heavy (non-hydrogen) atoms. The molecule has 1 aromatic carbocycles. The zero-order chi connectivity index (χ0) is 12.5. The van der Waals surface area contributed by atoms with Crippen LogP contribution in [0.15, 0.2) is 24.3 Å². The fraction of sp³-hybridized carbons (Fsp3) is 0.500. The Morgan fingerprint density at radius 3 is 2.78 bits per heavy atom. The van der Waals surface area contributed by atoms with Crippen molar-refractivity contribution in [2.45, 2.75) is 31.3 Å². The summed E-state index contributed by atoms with van der Waals surface area (Å²) in [4.78, 5) is 14.4. The van der Waals surface area contributed by atoms with Gasteiger partial charge < -0.3 is 5.32 Å². The number of halogens is 1. The summed E-state index contributed by atoms with van der Waals surface area (Å²) < 4.78 is 13.5. The van der Waals surface area contributed by atoms with Crippen molar-refractivity contribution in [1.82, 2.24) is 10.2 Å². The quantitative estimate of drug-likeness (QED) is 0.884. The largest absolute Gasteiger partial charge is 0.348 e. The number of hydrogen-bond donors (Lipinski definition) is 1. The van der Waals surface area contributed by atoms with Gasteiger partial charge >= 0.3 is 0 Å². The lowest BCUT2D eigenvalue weighted by Gasteiger charge is -2.15. The lowest BCUT2D eigenvalue weighted by Crippen LogP contribution is -2.37. The van der Waals surface area contributed by atoms with Crippen molar-refractivity contribution < 1.29 is 9.18 Å². The first kappa shape index (κ1) is 11.7. The van der Waals surface area contributed by atoms with Gasteiger partial charge in [-0.3, -0.25) is 9.69 Å². The van der Waals surface area contributed by atoms with Gasteiger partial charge in [0.25, 0.3) is 5.91 Å². The number of rotatable bonds is 3. The average Bonchev–Trinajstić information content (AvgIpc) is 3.11. The SMILES string of the molecule is O=C(NC1CCN(C2CC2)C1)c1ccccc1F. The monoisotopic (exact) mass is 248 g/mol. The number of carbonyl (C=O) groups is 1. The molecule has 1 amide bonds. The van der Waals surface area contributed by atoms with Crippen LogP contribution in [0.4, 0.5) is 4.39 Å². The van der Waals surface area contributed by atoms with Crippen LogP contribution in [0.1, 0.15) is 29.6 Å². The van der Waals surface area contributed by atoms with Crippen molar-refractivity contribution in [2.75, 3.05) is 13.1 Å². The number of benzene rings is 1. The van der Waals surface area contributed by atoms with Gasteiger partial charge in [-0.25, -0.2) is 4.39 Å². The maximum atomic E-state index is 13.5. The maximum absolute atomic E-state index is 13.5. The van der Waals surface area contributed by atoms with Crippen LogP contribution in [0.3, 0.4) is 0 Å². The molecule has 0 aromatic heterocycles. The molecule has 1 unspecified atom stereocenters. The third-order valence-electron chi connectivity index (χ3n) is 3.74. The van der Waals surface area contributed by atoms with Gasteiger partial charge in [-0.05, 0) is 31.4 Å². The third-order valence-corrected chi connectivity index (χ3v) is 3.74. The van der Waals surface area contributed by atoms with E-state index in [0.717, 1.165) is 25.6 Å². The second-order valence-electron chi connectivity index (χ2n) is 5.17. The Labute approximate surface area is 106 Å². The normalized spacial score (nSPS) is 24.2. The van der Waals surface area contributed by atoms with E-state index < -0.39 is 5.82 Å². The van der Waals surface area contributed by atoms with Crippen LogP contribution >= 0.6 is 0 Å². The average molecular weight is 248 g/mol. The lowest BCUT2D eigenvalue weighted by atomic mass is 10.1. The van der Waals surface area contributed by atoms with Crippen LogP contribution in [0.25, 0.3) is 0 Å². The van der Waals surface area contributed by atoms with Gasteiger partial charge in [0, 0.05) is 25.2 Å². The highest BCUT2D eigenvalue weighted by Gasteiger charge is 2.34. The Morgan fingerprint density at radius 1 is 1.28 bits per heavy atom. The molecule has 1 aliphatic carbocycles. The molecule has 3 nitrogen and oxygen atoms in total. The summed E-state index contributed by atoms with van der Waals surface area (Å²) in [6.45, 7) is 1.96. The minimum absolute atomic E-state index is 0.141. The maximum Gasteiger partial charge on any atom is 0.254 e. The highest BCUT2D eigenvalue weighted by atomic mass is 19.1. The molecule has 1 aromatic rings. The Hall–Kier alpha value is -1.42. The first-order valence-corrected chi connectivity index (χ1v) is 6.53. The van der Waals surface area contributed by atoms with E-state index in [9.17, 15) is 9.18 Å². The van der Waals surface area contributed by atoms with Crippen LogP contribution in [-0.2, 0) is 0 Å². The van der Waals surface area contributed by atoms with Crippen LogP contribution in [-0.4, -0.2) is 36.0 Å². The predicted molar refractivity (Wildman–Crippen MR) is 66.9 cm³/mol. The predicted octanol–water partition coefficient (Wildman–Crippen LogP) is 1.79. The summed E-state index contributed by atoms with van der Waals surface area (Å²) in [5.74, 6) is -0.747. The molecule has 1 saturated heterocycles. The molecular weight excluding hydrogens is 231 g/mol. The number of carbonyl (C=O) groups excluding carboxylic acids is 1. The van der Waals surface area contributed by atoms with Crippen molar-refractivity contribution in [1.29, 1.82) is 0 Å². The zero-order valence-electron chi connectivity index (χ0n) is 10.2. The fourth-order valence-corrected chi connectivity index (χ4v) is 2.58. The van der Waals surface area contributed by atoms with Gasteiger partial charge in [0.2, 0.25) is 0 Å². The van der Waals surface area contributed by atoms with Gasteiger partial charge in [-0.1, -0.05) is 12.1 Å². The zero-order valence-corrected chi connectivity index (χ0v) is 10.2. The van der Waals surface area contributed by atoms with Crippen molar-refractivity contribution in [3.63, 3.8) is 0 Å². The number of likely N-dealkylation sites (tertiary alicyclic amines) is 1. The van der Waals surface area contributed by atoms with E-state index >= 15 is 0 Å². The van der Waals surface area contributed by atoms with E-state index in [1.807, 2.05) is 0 Å². The Balaban J connectivity index is 1.60. The topological polar surface area (TPSA) is 32.3 Å². The first-order valence-electron chi connectivity index (χ1n) is 6.53. The van der Waals surface area contributed by atoms with Crippen molar-refractivity contribution in [3.8, 4) is 0 Å². The molecule has 1 heterocycles. The van der Waals surface area contributed by atoms with E-state index in [4.69, 9.17) is 0 Å². The lowest BCUT2D eigenvalue weighted by molar-refractivity contribution is 0.0933. The molecule has 1 N–H and O–H groups in total. The van der Waals surface area contributed by atoms with Gasteiger partial charge in [0.15, 0.2) is 0 Å². The molecule has 2 fully saturated rings. The minimum atomic E-state index is -0.452. The van der Waals surface area contributed by atoms with E-state index in [0.29, 0.717) is 0 Å². The van der Waals surface area contributed by atoms with E-state index in [1.54, 1.807) is 12.1 Å². The highest BCUT2D eigenvalue weighted by Crippen LogP contribution is 2.29. The number of nitrogens with zero attached hydrogens (tertiary/aromatic N) is 1. The van der Waals surface area contributed by atoms with Gasteiger partial charge in [-0.2, -0.15) is 0 Å². The number of hydrogen-bond acceptors (Lipinski definition) is 2. The second kappa shape index (κ2) is 4.69. The molecule has 1 atom stereocenters. The van der Waals surface area contributed by atoms with Gasteiger partial charge in [0.05, 0.1) is 5.56 Å². The molecule has 4 heteroatoms. The Bertz CT molecular complexity index is 459. The number of nitrogens with one attached hydrogen (secondary N) is 1. The van der Waals surface area contributed by atoms with E-state index in [1.165, 1.54) is 25.0 Å². The summed E-state index contributed by atoms with van der Waals surface area (Å²) in [5.41, 5.74) is 0.141. The fourth-order valence-electron chi connectivity index (χ4n) is 2.58. The molecule has 0 bridgehead atoms. The highest BCUT2D eigenvalue weighted by molar-refractivity contribution is 5.94. The summed E-state index contributed by atoms with van der Waals surface area (Å²) in [5, 5.41) is 2.93. The molecule has 96 valence electrons. The second-order valence-corrected chi connectivity index (χ2v) is 5.17. The minimum Gasteiger partial charge on any atom is -0.348 e. The summed E-state index contributed by atoms with van der Waals surface area (Å²) in [6, 6.07) is 7.02. The van der Waals surface area contributed by atoms with Crippen molar-refractivity contribution >= 4 is 5.91 Å². The van der Waals surface area contributed by atoms with Crippen LogP contribution in [0.2, 0.25) is 0 Å². The molecular formula is C14H17FN2O. The standard InChI is InChI=1S/C14H17FN2O/c15-13-4-2-1-3-12(13)14(18)16-10-7-8-17(9-10)11-5-6-11/h1-4,10-11H,5-9H2,(H,16,18). The van der Waals surface area contributed by atoms with Gasteiger partial charge in [0.1, 0.15) is 5.82 Å². The Kier molecular flexibility index (Phi) is 3.04. The molecule has 1 saturated carbocycles. The van der Waals surface area contributed by atoms with Crippen molar-refractivity contribution in [3.05, 3.63) is 35.6 Å². The summed E-state index contributed by atoms with van der Waals surface area (Å²) >= 11 is 0. The first-order chi connectivity index (χ1) is 8.74. The molecule has 3 rings (SSSR count). The smallest absolute Gasteiger partial charge is 0.254 e.